The molecule has 2 aromatic carbocycles. The number of benzene rings is 2. The van der Waals surface area contributed by atoms with Crippen LogP contribution >= 0.6 is 23.2 Å². The van der Waals surface area contributed by atoms with Crippen LogP contribution in [0.2, 0.25) is 10.0 Å². The molecule has 0 aliphatic carbocycles. The van der Waals surface area contributed by atoms with Gasteiger partial charge in [0.2, 0.25) is 0 Å². The summed E-state index contributed by atoms with van der Waals surface area (Å²) in [4.78, 5) is 24.8. The summed E-state index contributed by atoms with van der Waals surface area (Å²) in [6.07, 6.45) is 0.711. The molecule has 0 bridgehead atoms. The largest absolute Gasteiger partial charge is 0.351 e. The summed E-state index contributed by atoms with van der Waals surface area (Å²) in [5.74, 6) is -0.250. The van der Waals surface area contributed by atoms with E-state index < -0.39 is 0 Å². The molecule has 0 aliphatic heterocycles. The second-order valence-corrected chi connectivity index (χ2v) is 6.97. The summed E-state index contributed by atoms with van der Waals surface area (Å²) < 4.78 is 0. The van der Waals surface area contributed by atoms with Gasteiger partial charge in [-0.2, -0.15) is 0 Å². The van der Waals surface area contributed by atoms with Crippen molar-refractivity contribution < 1.29 is 14.5 Å². The lowest BCUT2D eigenvalue weighted by atomic mass is 10.1. The molecule has 0 saturated heterocycles. The van der Waals surface area contributed by atoms with Gasteiger partial charge >= 0.3 is 0 Å². The summed E-state index contributed by atoms with van der Waals surface area (Å²) in [5.41, 5.74) is 1.75. The lowest BCUT2D eigenvalue weighted by molar-refractivity contribution is -0.862. The molecule has 2 amide bonds. The molecule has 1 unspecified atom stereocenters. The van der Waals surface area contributed by atoms with Crippen molar-refractivity contribution >= 4 is 40.7 Å². The van der Waals surface area contributed by atoms with E-state index in [9.17, 15) is 9.59 Å². The minimum atomic E-state index is -0.156. The molecule has 2 rings (SSSR count). The van der Waals surface area contributed by atoms with Crippen LogP contribution in [0.5, 0.6) is 0 Å². The number of amides is 2. The predicted octanol–water partition coefficient (Wildman–Crippen LogP) is 1.81. The maximum atomic E-state index is 12.0. The second-order valence-electron chi connectivity index (χ2n) is 6.10. The number of anilines is 1. The Balaban J connectivity index is 1.67. The zero-order valence-corrected chi connectivity index (χ0v) is 16.0. The summed E-state index contributed by atoms with van der Waals surface area (Å²) in [6, 6.07) is 14.4. The molecular weight excluding hydrogens is 373 g/mol. The number of rotatable bonds is 8. The molecule has 5 nitrogen and oxygen atoms in total. The monoisotopic (exact) mass is 394 g/mol. The number of hydrogen-bond donors (Lipinski definition) is 3. The van der Waals surface area contributed by atoms with Crippen molar-refractivity contribution in [1.29, 1.82) is 0 Å². The fraction of sp³-hybridized carbons (Fsp3) is 0.263. The molecule has 0 aromatic heterocycles. The first kappa shape index (κ1) is 20.2. The molecule has 0 radical (unpaired) electrons. The molecule has 2 aromatic rings. The van der Waals surface area contributed by atoms with Crippen molar-refractivity contribution in [2.45, 2.75) is 6.42 Å². The van der Waals surface area contributed by atoms with Crippen LogP contribution in [0.4, 0.5) is 5.69 Å². The number of nitrogens with one attached hydrogen (secondary N) is 3. The molecule has 3 N–H and O–H groups in total. The maximum Gasteiger partial charge on any atom is 0.279 e. The maximum absolute atomic E-state index is 12.0. The number of likely N-dealkylation sites (N-methyl/N-ethyl adjacent to an activating group) is 1. The van der Waals surface area contributed by atoms with E-state index in [2.05, 4.69) is 10.6 Å². The van der Waals surface area contributed by atoms with Gasteiger partial charge in [-0.15, -0.1) is 0 Å². The number of halogens is 2. The standard InChI is InChI=1S/C19H21Cl2N3O2/c1-24(13-19(26)23-17-7-5-15(20)6-8-17)12-18(25)22-10-9-14-3-2-4-16(21)11-14/h2-8,11H,9-10,12-13H2,1H3,(H,22,25)(H,23,26)/p+1. The van der Waals surface area contributed by atoms with Crippen LogP contribution in [-0.2, 0) is 16.0 Å². The Bertz CT molecular complexity index is 751. The highest BCUT2D eigenvalue weighted by atomic mass is 35.5. The molecular formula is C19H22Cl2N3O2+. The third kappa shape index (κ3) is 7.44. The topological polar surface area (TPSA) is 62.6 Å². The van der Waals surface area contributed by atoms with Crippen molar-refractivity contribution in [3.05, 3.63) is 64.1 Å². The third-order valence-electron chi connectivity index (χ3n) is 3.68. The van der Waals surface area contributed by atoms with Crippen LogP contribution in [0.3, 0.4) is 0 Å². The van der Waals surface area contributed by atoms with Crippen LogP contribution < -0.4 is 15.5 Å². The Morgan fingerprint density at radius 1 is 0.962 bits per heavy atom. The van der Waals surface area contributed by atoms with Gasteiger partial charge in [0.25, 0.3) is 11.8 Å². The summed E-state index contributed by atoms with van der Waals surface area (Å²) in [7, 11) is 1.80. The van der Waals surface area contributed by atoms with Crippen molar-refractivity contribution in [1.82, 2.24) is 5.32 Å². The number of carbonyl (C=O) groups is 2. The van der Waals surface area contributed by atoms with Gasteiger partial charge in [-0.25, -0.2) is 0 Å². The van der Waals surface area contributed by atoms with E-state index >= 15 is 0 Å². The number of quaternary nitrogens is 1. The summed E-state index contributed by atoms with van der Waals surface area (Å²) in [6.45, 7) is 0.956. The Morgan fingerprint density at radius 2 is 1.65 bits per heavy atom. The van der Waals surface area contributed by atoms with Gasteiger partial charge in [-0.05, 0) is 48.4 Å². The van der Waals surface area contributed by atoms with E-state index in [-0.39, 0.29) is 24.9 Å². The van der Waals surface area contributed by atoms with E-state index in [1.165, 1.54) is 0 Å². The van der Waals surface area contributed by atoms with Gasteiger partial charge in [0.05, 0.1) is 7.05 Å². The van der Waals surface area contributed by atoms with Gasteiger partial charge < -0.3 is 15.5 Å². The highest BCUT2D eigenvalue weighted by Crippen LogP contribution is 2.13. The van der Waals surface area contributed by atoms with Crippen LogP contribution in [0.25, 0.3) is 0 Å². The van der Waals surface area contributed by atoms with Crippen molar-refractivity contribution in [3.63, 3.8) is 0 Å². The van der Waals surface area contributed by atoms with Crippen molar-refractivity contribution in [2.24, 2.45) is 0 Å². The highest BCUT2D eigenvalue weighted by molar-refractivity contribution is 6.30. The van der Waals surface area contributed by atoms with Gasteiger partial charge in [0.1, 0.15) is 0 Å². The van der Waals surface area contributed by atoms with Crippen LogP contribution in [0.1, 0.15) is 5.56 Å². The number of carbonyl (C=O) groups excluding carboxylic acids is 2. The SMILES string of the molecule is C[NH+](CC(=O)NCCc1cccc(Cl)c1)CC(=O)Nc1ccc(Cl)cc1. The molecule has 0 fully saturated rings. The minimum absolute atomic E-state index is 0.0937. The fourth-order valence-electron chi connectivity index (χ4n) is 2.45. The molecule has 26 heavy (non-hydrogen) atoms. The average molecular weight is 395 g/mol. The van der Waals surface area contributed by atoms with Crippen LogP contribution in [0.15, 0.2) is 48.5 Å². The Kier molecular flexibility index (Phi) is 7.91. The first-order chi connectivity index (χ1) is 12.4. The quantitative estimate of drug-likeness (QED) is 0.639. The van der Waals surface area contributed by atoms with Gasteiger partial charge in [0.15, 0.2) is 13.1 Å². The number of hydrogen-bond acceptors (Lipinski definition) is 2. The predicted molar refractivity (Wildman–Crippen MR) is 105 cm³/mol. The molecule has 0 aliphatic rings. The minimum Gasteiger partial charge on any atom is -0.351 e. The third-order valence-corrected chi connectivity index (χ3v) is 4.16. The Hall–Kier alpha value is -2.08. The van der Waals surface area contributed by atoms with Gasteiger partial charge in [-0.1, -0.05) is 35.3 Å². The normalized spacial score (nSPS) is 11.7. The summed E-state index contributed by atoms with van der Waals surface area (Å²) >= 11 is 11.7. The van der Waals surface area contributed by atoms with E-state index in [1.807, 2.05) is 24.3 Å². The smallest absolute Gasteiger partial charge is 0.279 e. The zero-order valence-electron chi connectivity index (χ0n) is 14.5. The van der Waals surface area contributed by atoms with Gasteiger partial charge in [-0.3, -0.25) is 9.59 Å². The van der Waals surface area contributed by atoms with E-state index in [4.69, 9.17) is 23.2 Å². The van der Waals surface area contributed by atoms with E-state index in [0.29, 0.717) is 28.7 Å². The van der Waals surface area contributed by atoms with E-state index in [0.717, 1.165) is 10.5 Å². The molecule has 0 spiro atoms. The first-order valence-electron chi connectivity index (χ1n) is 8.30. The summed E-state index contributed by atoms with van der Waals surface area (Å²) in [5, 5.41) is 6.94. The highest BCUT2D eigenvalue weighted by Gasteiger charge is 2.14. The fourth-order valence-corrected chi connectivity index (χ4v) is 2.79. The van der Waals surface area contributed by atoms with Crippen LogP contribution in [-0.4, -0.2) is 38.5 Å². The zero-order chi connectivity index (χ0) is 18.9. The first-order valence-corrected chi connectivity index (χ1v) is 9.06. The molecule has 7 heteroatoms. The van der Waals surface area contributed by atoms with Crippen molar-refractivity contribution in [2.75, 3.05) is 32.0 Å². The Labute approximate surface area is 163 Å². The lowest BCUT2D eigenvalue weighted by Gasteiger charge is -2.14. The lowest BCUT2D eigenvalue weighted by Crippen LogP contribution is -3.11. The van der Waals surface area contributed by atoms with E-state index in [1.54, 1.807) is 31.3 Å². The van der Waals surface area contributed by atoms with Crippen LogP contribution in [0, 0.1) is 0 Å². The van der Waals surface area contributed by atoms with Gasteiger partial charge in [0, 0.05) is 22.3 Å². The average Bonchev–Trinajstić information content (AvgIpc) is 2.56. The molecule has 0 heterocycles. The van der Waals surface area contributed by atoms with Crippen molar-refractivity contribution in [3.8, 4) is 0 Å². The molecule has 0 saturated carbocycles. The molecule has 138 valence electrons. The Morgan fingerprint density at radius 3 is 2.35 bits per heavy atom. The molecule has 1 atom stereocenters. The second kappa shape index (κ2) is 10.2.